The first-order valence-corrected chi connectivity index (χ1v) is 6.04. The van der Waals surface area contributed by atoms with Gasteiger partial charge in [0.25, 0.3) is 0 Å². The predicted molar refractivity (Wildman–Crippen MR) is 70.3 cm³/mol. The number of methoxy groups -OCH3 is 1. The highest BCUT2D eigenvalue weighted by molar-refractivity contribution is 5.41. The molecule has 1 rings (SSSR count). The molecule has 0 atom stereocenters. The number of ether oxygens (including phenoxy) is 1. The number of hydrogen-bond donors (Lipinski definition) is 2. The fourth-order valence-electron chi connectivity index (χ4n) is 1.18. The van der Waals surface area contributed by atoms with Crippen molar-refractivity contribution in [3.8, 4) is 0 Å². The van der Waals surface area contributed by atoms with Crippen LogP contribution in [0, 0.1) is 5.82 Å². The maximum Gasteiger partial charge on any atom is 0.224 e. The zero-order valence-electron chi connectivity index (χ0n) is 11.4. The topological polar surface area (TPSA) is 59.1 Å². The van der Waals surface area contributed by atoms with Crippen LogP contribution < -0.4 is 10.6 Å². The molecular weight excluding hydrogens is 235 g/mol. The second kappa shape index (κ2) is 6.49. The third-order valence-electron chi connectivity index (χ3n) is 2.51. The smallest absolute Gasteiger partial charge is 0.224 e. The van der Waals surface area contributed by atoms with Crippen LogP contribution in [0.2, 0.25) is 0 Å². The number of nitrogens with one attached hydrogen (secondary N) is 2. The van der Waals surface area contributed by atoms with Gasteiger partial charge in [0.2, 0.25) is 5.95 Å². The van der Waals surface area contributed by atoms with Crippen molar-refractivity contribution in [2.75, 3.05) is 30.8 Å². The Morgan fingerprint density at radius 3 is 2.72 bits per heavy atom. The van der Waals surface area contributed by atoms with Gasteiger partial charge in [-0.15, -0.1) is 0 Å². The summed E-state index contributed by atoms with van der Waals surface area (Å²) >= 11 is 0. The standard InChI is InChI=1S/C12H21FN4O/c1-5-6-14-11-15-7-9(13)10(17-11)16-8-12(2,3)18-4/h7H,5-6,8H2,1-4H3,(H2,14,15,16,17). The van der Waals surface area contributed by atoms with Gasteiger partial charge in [-0.3, -0.25) is 0 Å². The lowest BCUT2D eigenvalue weighted by Gasteiger charge is -2.23. The van der Waals surface area contributed by atoms with Crippen LogP contribution in [-0.4, -0.2) is 35.8 Å². The Morgan fingerprint density at radius 2 is 2.11 bits per heavy atom. The summed E-state index contributed by atoms with van der Waals surface area (Å²) < 4.78 is 18.8. The molecule has 5 nitrogen and oxygen atoms in total. The highest BCUT2D eigenvalue weighted by atomic mass is 19.1. The molecule has 0 radical (unpaired) electrons. The zero-order valence-corrected chi connectivity index (χ0v) is 11.4. The predicted octanol–water partition coefficient (Wildman–Crippen LogP) is 2.27. The molecule has 1 heterocycles. The molecule has 0 saturated carbocycles. The Bertz CT molecular complexity index is 384. The van der Waals surface area contributed by atoms with Gasteiger partial charge >= 0.3 is 0 Å². The quantitative estimate of drug-likeness (QED) is 0.783. The summed E-state index contributed by atoms with van der Waals surface area (Å²) in [6.07, 6.45) is 2.12. The van der Waals surface area contributed by atoms with Gasteiger partial charge in [-0.1, -0.05) is 6.92 Å². The average molecular weight is 256 g/mol. The minimum absolute atomic E-state index is 0.189. The molecule has 6 heteroatoms. The van der Waals surface area contributed by atoms with Gasteiger partial charge in [0, 0.05) is 20.2 Å². The van der Waals surface area contributed by atoms with E-state index < -0.39 is 5.82 Å². The maximum absolute atomic E-state index is 13.5. The van der Waals surface area contributed by atoms with Gasteiger partial charge in [0.1, 0.15) is 0 Å². The monoisotopic (exact) mass is 256 g/mol. The van der Waals surface area contributed by atoms with Crippen LogP contribution in [0.25, 0.3) is 0 Å². The van der Waals surface area contributed by atoms with Crippen molar-refractivity contribution in [2.24, 2.45) is 0 Å². The van der Waals surface area contributed by atoms with E-state index in [-0.39, 0.29) is 11.4 Å². The number of anilines is 2. The highest BCUT2D eigenvalue weighted by Crippen LogP contribution is 2.14. The second-order valence-corrected chi connectivity index (χ2v) is 4.63. The first kappa shape index (κ1) is 14.6. The molecule has 0 unspecified atom stereocenters. The van der Waals surface area contributed by atoms with E-state index in [1.807, 2.05) is 20.8 Å². The molecule has 0 saturated heterocycles. The molecule has 0 spiro atoms. The molecule has 0 amide bonds. The first-order chi connectivity index (χ1) is 8.48. The normalized spacial score (nSPS) is 11.4. The Balaban J connectivity index is 2.69. The molecule has 0 aromatic carbocycles. The molecule has 1 aromatic rings. The molecule has 0 aliphatic rings. The van der Waals surface area contributed by atoms with Crippen molar-refractivity contribution in [3.05, 3.63) is 12.0 Å². The van der Waals surface area contributed by atoms with Gasteiger partial charge in [0.05, 0.1) is 11.8 Å². The summed E-state index contributed by atoms with van der Waals surface area (Å²) in [6, 6.07) is 0. The van der Waals surface area contributed by atoms with Crippen LogP contribution in [0.3, 0.4) is 0 Å². The third-order valence-corrected chi connectivity index (χ3v) is 2.51. The Hall–Kier alpha value is -1.43. The highest BCUT2D eigenvalue weighted by Gasteiger charge is 2.17. The molecule has 0 fully saturated rings. The van der Waals surface area contributed by atoms with Gasteiger partial charge in [0.15, 0.2) is 11.6 Å². The van der Waals surface area contributed by atoms with Crippen LogP contribution >= 0.6 is 0 Å². The number of halogens is 1. The molecular formula is C12H21FN4O. The SMILES string of the molecule is CCCNc1ncc(F)c(NCC(C)(C)OC)n1. The van der Waals surface area contributed by atoms with E-state index in [1.54, 1.807) is 7.11 Å². The zero-order chi connectivity index (χ0) is 13.6. The van der Waals surface area contributed by atoms with Crippen LogP contribution in [-0.2, 0) is 4.74 Å². The molecule has 102 valence electrons. The fourth-order valence-corrected chi connectivity index (χ4v) is 1.18. The first-order valence-electron chi connectivity index (χ1n) is 6.04. The van der Waals surface area contributed by atoms with Gasteiger partial charge in [-0.05, 0) is 20.3 Å². The summed E-state index contributed by atoms with van der Waals surface area (Å²) in [5.74, 6) is 0.147. The van der Waals surface area contributed by atoms with Crippen molar-refractivity contribution in [1.29, 1.82) is 0 Å². The van der Waals surface area contributed by atoms with Crippen LogP contribution in [0.4, 0.5) is 16.2 Å². The van der Waals surface area contributed by atoms with Crippen LogP contribution in [0.1, 0.15) is 27.2 Å². The summed E-state index contributed by atoms with van der Waals surface area (Å²) in [5.41, 5.74) is -0.381. The Morgan fingerprint density at radius 1 is 1.39 bits per heavy atom. The number of nitrogens with zero attached hydrogens (tertiary/aromatic N) is 2. The molecule has 2 N–H and O–H groups in total. The molecule has 0 aliphatic heterocycles. The van der Waals surface area contributed by atoms with Crippen LogP contribution in [0.5, 0.6) is 0 Å². The Kier molecular flexibility index (Phi) is 5.27. The van der Waals surface area contributed by atoms with E-state index in [0.29, 0.717) is 12.5 Å². The summed E-state index contributed by atoms with van der Waals surface area (Å²) in [5, 5.41) is 5.94. The van der Waals surface area contributed by atoms with Gasteiger partial charge in [-0.2, -0.15) is 4.98 Å². The van der Waals surface area contributed by atoms with Crippen molar-refractivity contribution in [1.82, 2.24) is 9.97 Å². The lowest BCUT2D eigenvalue weighted by molar-refractivity contribution is 0.0342. The van der Waals surface area contributed by atoms with Gasteiger partial charge < -0.3 is 15.4 Å². The number of aromatic nitrogens is 2. The summed E-state index contributed by atoms with van der Waals surface area (Å²) in [6.45, 7) is 7.08. The summed E-state index contributed by atoms with van der Waals surface area (Å²) in [4.78, 5) is 7.96. The van der Waals surface area contributed by atoms with E-state index in [2.05, 4.69) is 20.6 Å². The fraction of sp³-hybridized carbons (Fsp3) is 0.667. The van der Waals surface area contributed by atoms with Crippen molar-refractivity contribution < 1.29 is 9.13 Å². The van der Waals surface area contributed by atoms with Crippen molar-refractivity contribution in [2.45, 2.75) is 32.8 Å². The lowest BCUT2D eigenvalue weighted by atomic mass is 10.1. The second-order valence-electron chi connectivity index (χ2n) is 4.63. The van der Waals surface area contributed by atoms with E-state index in [4.69, 9.17) is 4.74 Å². The average Bonchev–Trinajstić information content (AvgIpc) is 2.36. The molecule has 18 heavy (non-hydrogen) atoms. The van der Waals surface area contributed by atoms with Gasteiger partial charge in [-0.25, -0.2) is 9.37 Å². The molecule has 0 bridgehead atoms. The Labute approximate surface area is 107 Å². The van der Waals surface area contributed by atoms with E-state index in [9.17, 15) is 4.39 Å². The number of rotatable bonds is 7. The van der Waals surface area contributed by atoms with E-state index in [1.165, 1.54) is 0 Å². The van der Waals surface area contributed by atoms with E-state index in [0.717, 1.165) is 19.2 Å². The lowest BCUT2D eigenvalue weighted by Crippen LogP contribution is -2.32. The minimum Gasteiger partial charge on any atom is -0.377 e. The maximum atomic E-state index is 13.5. The third kappa shape index (κ3) is 4.44. The number of hydrogen-bond acceptors (Lipinski definition) is 5. The van der Waals surface area contributed by atoms with Crippen LogP contribution in [0.15, 0.2) is 6.20 Å². The van der Waals surface area contributed by atoms with E-state index >= 15 is 0 Å². The molecule has 0 aliphatic carbocycles. The minimum atomic E-state index is -0.469. The summed E-state index contributed by atoms with van der Waals surface area (Å²) in [7, 11) is 1.62. The van der Waals surface area contributed by atoms with Crippen molar-refractivity contribution >= 4 is 11.8 Å². The van der Waals surface area contributed by atoms with Crippen molar-refractivity contribution in [3.63, 3.8) is 0 Å². The largest absolute Gasteiger partial charge is 0.377 e. The molecule has 1 aromatic heterocycles.